The van der Waals surface area contributed by atoms with Gasteiger partial charge in [-0.1, -0.05) is 12.1 Å². The Bertz CT molecular complexity index is 316. The van der Waals surface area contributed by atoms with E-state index >= 15 is 0 Å². The standard InChI is InChI=1S/C10H9FOS/c1-13-7-9(6-12)8-2-4-10(11)5-3-8/h2-7H,1H3/b9-7+. The number of aldehydes is 1. The summed E-state index contributed by atoms with van der Waals surface area (Å²) in [5, 5.41) is 1.74. The van der Waals surface area contributed by atoms with Gasteiger partial charge in [0.2, 0.25) is 0 Å². The Labute approximate surface area is 80.7 Å². The maximum atomic E-state index is 12.5. The molecule has 0 aliphatic rings. The van der Waals surface area contributed by atoms with Crippen molar-refractivity contribution in [3.63, 3.8) is 0 Å². The van der Waals surface area contributed by atoms with Crippen molar-refractivity contribution in [2.45, 2.75) is 0 Å². The Morgan fingerprint density at radius 3 is 2.46 bits per heavy atom. The van der Waals surface area contributed by atoms with Crippen molar-refractivity contribution >= 4 is 23.6 Å². The van der Waals surface area contributed by atoms with Crippen molar-refractivity contribution in [1.29, 1.82) is 0 Å². The van der Waals surface area contributed by atoms with E-state index in [1.54, 1.807) is 17.5 Å². The van der Waals surface area contributed by atoms with Crippen molar-refractivity contribution in [2.24, 2.45) is 0 Å². The Kier molecular flexibility index (Phi) is 3.71. The number of hydrogen-bond acceptors (Lipinski definition) is 2. The van der Waals surface area contributed by atoms with E-state index in [1.165, 1.54) is 23.9 Å². The van der Waals surface area contributed by atoms with Crippen LogP contribution >= 0.6 is 11.8 Å². The van der Waals surface area contributed by atoms with Crippen LogP contribution in [0, 0.1) is 5.82 Å². The first-order chi connectivity index (χ1) is 6.27. The lowest BCUT2D eigenvalue weighted by atomic mass is 10.1. The molecule has 1 rings (SSSR count). The van der Waals surface area contributed by atoms with E-state index in [1.807, 2.05) is 6.26 Å². The topological polar surface area (TPSA) is 17.1 Å². The molecule has 68 valence electrons. The molecule has 0 N–H and O–H groups in total. The molecule has 13 heavy (non-hydrogen) atoms. The second-order valence-electron chi connectivity index (χ2n) is 2.43. The summed E-state index contributed by atoms with van der Waals surface area (Å²) in [6.45, 7) is 0. The van der Waals surface area contributed by atoms with Gasteiger partial charge in [-0.2, -0.15) is 0 Å². The van der Waals surface area contributed by atoms with Crippen molar-refractivity contribution < 1.29 is 9.18 Å². The maximum Gasteiger partial charge on any atom is 0.151 e. The highest BCUT2D eigenvalue weighted by Gasteiger charge is 1.99. The van der Waals surface area contributed by atoms with Gasteiger partial charge in [0.25, 0.3) is 0 Å². The molecule has 0 aromatic heterocycles. The first-order valence-electron chi connectivity index (χ1n) is 3.72. The molecule has 0 aliphatic carbocycles. The van der Waals surface area contributed by atoms with Crippen LogP contribution < -0.4 is 0 Å². The molecule has 0 saturated heterocycles. The number of rotatable bonds is 3. The summed E-state index contributed by atoms with van der Waals surface area (Å²) < 4.78 is 12.5. The number of carbonyl (C=O) groups is 1. The van der Waals surface area contributed by atoms with Gasteiger partial charge in [-0.3, -0.25) is 4.79 Å². The van der Waals surface area contributed by atoms with Crippen molar-refractivity contribution in [3.05, 3.63) is 41.1 Å². The second kappa shape index (κ2) is 4.82. The zero-order valence-electron chi connectivity index (χ0n) is 7.16. The van der Waals surface area contributed by atoms with Crippen LogP contribution in [0.1, 0.15) is 5.56 Å². The molecule has 1 aromatic carbocycles. The van der Waals surface area contributed by atoms with E-state index in [0.717, 1.165) is 11.8 Å². The molecular weight excluding hydrogens is 187 g/mol. The average Bonchev–Trinajstić information content (AvgIpc) is 2.16. The average molecular weight is 196 g/mol. The minimum Gasteiger partial charge on any atom is -0.298 e. The molecule has 0 atom stereocenters. The largest absolute Gasteiger partial charge is 0.298 e. The fourth-order valence-electron chi connectivity index (χ4n) is 0.933. The molecule has 0 spiro atoms. The lowest BCUT2D eigenvalue weighted by Crippen LogP contribution is -1.85. The van der Waals surface area contributed by atoms with E-state index in [0.29, 0.717) is 5.57 Å². The van der Waals surface area contributed by atoms with Crippen LogP contribution in [0.4, 0.5) is 4.39 Å². The van der Waals surface area contributed by atoms with Crippen LogP contribution in [0.3, 0.4) is 0 Å². The quantitative estimate of drug-likeness (QED) is 0.546. The summed E-state index contributed by atoms with van der Waals surface area (Å²) in [4.78, 5) is 10.6. The van der Waals surface area contributed by atoms with Gasteiger partial charge >= 0.3 is 0 Å². The van der Waals surface area contributed by atoms with Crippen molar-refractivity contribution in [2.75, 3.05) is 6.26 Å². The SMILES string of the molecule is CS/C=C(\C=O)c1ccc(F)cc1. The molecule has 0 aliphatic heterocycles. The summed E-state index contributed by atoms with van der Waals surface area (Å²) in [6, 6.07) is 5.86. The number of hydrogen-bond donors (Lipinski definition) is 0. The van der Waals surface area contributed by atoms with E-state index in [9.17, 15) is 9.18 Å². The van der Waals surface area contributed by atoms with E-state index in [4.69, 9.17) is 0 Å². The van der Waals surface area contributed by atoms with Crippen LogP contribution in [0.15, 0.2) is 29.7 Å². The molecule has 1 nitrogen and oxygen atoms in total. The number of thioether (sulfide) groups is 1. The molecule has 0 saturated carbocycles. The number of carbonyl (C=O) groups excluding carboxylic acids is 1. The van der Waals surface area contributed by atoms with Gasteiger partial charge in [0.1, 0.15) is 5.82 Å². The highest BCUT2D eigenvalue weighted by atomic mass is 32.2. The minimum atomic E-state index is -0.293. The highest BCUT2D eigenvalue weighted by molar-refractivity contribution is 8.01. The van der Waals surface area contributed by atoms with Crippen LogP contribution in [0.2, 0.25) is 0 Å². The zero-order chi connectivity index (χ0) is 9.68. The number of halogens is 1. The fraction of sp³-hybridized carbons (Fsp3) is 0.100. The molecule has 1 aromatic rings. The van der Waals surface area contributed by atoms with Crippen LogP contribution in [-0.2, 0) is 4.79 Å². The van der Waals surface area contributed by atoms with Gasteiger partial charge < -0.3 is 0 Å². The van der Waals surface area contributed by atoms with Gasteiger partial charge in [0.05, 0.1) is 0 Å². The molecule has 0 unspecified atom stereocenters. The van der Waals surface area contributed by atoms with Gasteiger partial charge in [0.15, 0.2) is 6.29 Å². The summed E-state index contributed by atoms with van der Waals surface area (Å²) in [5.41, 5.74) is 1.32. The lowest BCUT2D eigenvalue weighted by molar-refractivity contribution is -0.103. The molecule has 0 heterocycles. The van der Waals surface area contributed by atoms with Crippen LogP contribution in [0.25, 0.3) is 5.57 Å². The monoisotopic (exact) mass is 196 g/mol. The molecule has 0 amide bonds. The van der Waals surface area contributed by atoms with Gasteiger partial charge in [0, 0.05) is 5.57 Å². The molecule has 0 bridgehead atoms. The summed E-state index contributed by atoms with van der Waals surface area (Å²) >= 11 is 1.45. The fourth-order valence-corrected chi connectivity index (χ4v) is 1.38. The smallest absolute Gasteiger partial charge is 0.151 e. The lowest BCUT2D eigenvalue weighted by Gasteiger charge is -1.98. The minimum absolute atomic E-state index is 0.293. The van der Waals surface area contributed by atoms with Crippen LogP contribution in [0.5, 0.6) is 0 Å². The van der Waals surface area contributed by atoms with Crippen molar-refractivity contribution in [1.82, 2.24) is 0 Å². The molecule has 0 fully saturated rings. The maximum absolute atomic E-state index is 12.5. The van der Waals surface area contributed by atoms with E-state index < -0.39 is 0 Å². The Morgan fingerprint density at radius 2 is 2.00 bits per heavy atom. The first kappa shape index (κ1) is 9.99. The number of allylic oxidation sites excluding steroid dienone is 1. The third-order valence-corrected chi connectivity index (χ3v) is 2.04. The normalized spacial score (nSPS) is 11.4. The summed E-state index contributed by atoms with van der Waals surface area (Å²) in [6.07, 6.45) is 2.64. The first-order valence-corrected chi connectivity index (χ1v) is 5.01. The Morgan fingerprint density at radius 1 is 1.38 bits per heavy atom. The number of benzene rings is 1. The molecule has 0 radical (unpaired) electrons. The Balaban J connectivity index is 2.99. The third kappa shape index (κ3) is 2.70. The summed E-state index contributed by atoms with van der Waals surface area (Å²) in [5.74, 6) is -0.293. The van der Waals surface area contributed by atoms with Gasteiger partial charge in [-0.25, -0.2) is 4.39 Å². The molecular formula is C10H9FOS. The predicted molar refractivity (Wildman–Crippen MR) is 54.0 cm³/mol. The molecule has 3 heteroatoms. The van der Waals surface area contributed by atoms with Gasteiger partial charge in [-0.05, 0) is 29.4 Å². The van der Waals surface area contributed by atoms with Gasteiger partial charge in [-0.15, -0.1) is 11.8 Å². The van der Waals surface area contributed by atoms with E-state index in [2.05, 4.69) is 0 Å². The predicted octanol–water partition coefficient (Wildman–Crippen LogP) is 2.73. The Hall–Kier alpha value is -1.09. The van der Waals surface area contributed by atoms with Crippen molar-refractivity contribution in [3.8, 4) is 0 Å². The second-order valence-corrected chi connectivity index (χ2v) is 3.14. The van der Waals surface area contributed by atoms with Crippen LogP contribution in [-0.4, -0.2) is 12.5 Å². The third-order valence-electron chi connectivity index (χ3n) is 1.55. The summed E-state index contributed by atoms with van der Waals surface area (Å²) in [7, 11) is 0. The zero-order valence-corrected chi connectivity index (χ0v) is 7.98. The highest BCUT2D eigenvalue weighted by Crippen LogP contribution is 2.15. The van der Waals surface area contributed by atoms with E-state index in [-0.39, 0.29) is 5.82 Å².